The van der Waals surface area contributed by atoms with Crippen LogP contribution < -0.4 is 15.4 Å². The summed E-state index contributed by atoms with van der Waals surface area (Å²) in [6, 6.07) is 15.8. The minimum atomic E-state index is 0.751. The maximum absolute atomic E-state index is 5.92. The third-order valence-electron chi connectivity index (χ3n) is 2.94. The molecule has 2 aromatic carbocycles. The predicted molar refractivity (Wildman–Crippen MR) is 84.6 cm³/mol. The molecule has 0 radical (unpaired) electrons. The zero-order valence-electron chi connectivity index (χ0n) is 11.5. The molecule has 20 heavy (non-hydrogen) atoms. The Morgan fingerprint density at radius 3 is 2.55 bits per heavy atom. The second-order valence-corrected chi connectivity index (χ2v) is 4.90. The van der Waals surface area contributed by atoms with E-state index in [-0.39, 0.29) is 0 Å². The first-order chi connectivity index (χ1) is 9.78. The number of anilines is 1. The van der Waals surface area contributed by atoms with Gasteiger partial charge >= 0.3 is 0 Å². The third-order valence-corrected chi connectivity index (χ3v) is 3.18. The highest BCUT2D eigenvalue weighted by Gasteiger charge is 1.95. The Morgan fingerprint density at radius 1 is 1.05 bits per heavy atom. The maximum Gasteiger partial charge on any atom is 0.118 e. The fourth-order valence-electron chi connectivity index (χ4n) is 1.87. The molecule has 0 heterocycles. The van der Waals surface area contributed by atoms with Gasteiger partial charge in [0.05, 0.1) is 7.11 Å². The van der Waals surface area contributed by atoms with Crippen molar-refractivity contribution in [2.45, 2.75) is 6.54 Å². The SMILES string of the molecule is COc1ccc(CNCCNc2cccc(Cl)c2)cc1. The van der Waals surface area contributed by atoms with Crippen LogP contribution >= 0.6 is 11.6 Å². The molecule has 0 unspecified atom stereocenters. The lowest BCUT2D eigenvalue weighted by Crippen LogP contribution is -2.21. The summed E-state index contributed by atoms with van der Waals surface area (Å²) in [5.41, 5.74) is 2.29. The van der Waals surface area contributed by atoms with Crippen LogP contribution in [0.5, 0.6) is 5.75 Å². The normalized spacial score (nSPS) is 10.3. The molecule has 0 aliphatic rings. The average Bonchev–Trinajstić information content (AvgIpc) is 2.48. The van der Waals surface area contributed by atoms with Crippen molar-refractivity contribution in [1.29, 1.82) is 0 Å². The molecule has 106 valence electrons. The van der Waals surface area contributed by atoms with Crippen molar-refractivity contribution >= 4 is 17.3 Å². The van der Waals surface area contributed by atoms with Gasteiger partial charge < -0.3 is 15.4 Å². The third kappa shape index (κ3) is 4.76. The van der Waals surface area contributed by atoms with Crippen LogP contribution in [0.15, 0.2) is 48.5 Å². The Bertz CT molecular complexity index is 528. The van der Waals surface area contributed by atoms with E-state index < -0.39 is 0 Å². The van der Waals surface area contributed by atoms with Gasteiger partial charge in [0, 0.05) is 30.3 Å². The number of ether oxygens (including phenoxy) is 1. The van der Waals surface area contributed by atoms with Crippen molar-refractivity contribution in [2.75, 3.05) is 25.5 Å². The van der Waals surface area contributed by atoms with Gasteiger partial charge in [-0.15, -0.1) is 0 Å². The molecule has 0 saturated carbocycles. The average molecular weight is 291 g/mol. The molecule has 0 spiro atoms. The Balaban J connectivity index is 1.66. The molecular formula is C16H19ClN2O. The fraction of sp³-hybridized carbons (Fsp3) is 0.250. The van der Waals surface area contributed by atoms with Crippen LogP contribution in [-0.2, 0) is 6.54 Å². The van der Waals surface area contributed by atoms with Crippen LogP contribution in [0.4, 0.5) is 5.69 Å². The smallest absolute Gasteiger partial charge is 0.118 e. The fourth-order valence-corrected chi connectivity index (χ4v) is 2.06. The summed E-state index contributed by atoms with van der Waals surface area (Å²) in [4.78, 5) is 0. The summed E-state index contributed by atoms with van der Waals surface area (Å²) in [6.45, 7) is 2.59. The Morgan fingerprint density at radius 2 is 1.85 bits per heavy atom. The van der Waals surface area contributed by atoms with Gasteiger partial charge in [0.2, 0.25) is 0 Å². The Labute approximate surface area is 124 Å². The second-order valence-electron chi connectivity index (χ2n) is 4.46. The molecular weight excluding hydrogens is 272 g/mol. The van der Waals surface area contributed by atoms with Crippen LogP contribution in [0.3, 0.4) is 0 Å². The first kappa shape index (κ1) is 14.7. The Hall–Kier alpha value is -1.71. The van der Waals surface area contributed by atoms with Gasteiger partial charge in [-0.25, -0.2) is 0 Å². The standard InChI is InChI=1S/C16H19ClN2O/c1-20-16-7-5-13(6-8-16)12-18-9-10-19-15-4-2-3-14(17)11-15/h2-8,11,18-19H,9-10,12H2,1H3. The molecule has 3 nitrogen and oxygen atoms in total. The molecule has 4 heteroatoms. The number of nitrogens with one attached hydrogen (secondary N) is 2. The van der Waals surface area contributed by atoms with Crippen molar-refractivity contribution in [3.8, 4) is 5.75 Å². The largest absolute Gasteiger partial charge is 0.497 e. The minimum absolute atomic E-state index is 0.751. The van der Waals surface area contributed by atoms with Crippen LogP contribution in [0, 0.1) is 0 Å². The van der Waals surface area contributed by atoms with E-state index in [0.29, 0.717) is 0 Å². The van der Waals surface area contributed by atoms with Crippen molar-refractivity contribution in [2.24, 2.45) is 0 Å². The van der Waals surface area contributed by atoms with E-state index in [0.717, 1.165) is 36.1 Å². The molecule has 0 saturated heterocycles. The molecule has 0 aliphatic carbocycles. The molecule has 0 aliphatic heterocycles. The molecule has 2 N–H and O–H groups in total. The maximum atomic E-state index is 5.92. The minimum Gasteiger partial charge on any atom is -0.497 e. The highest BCUT2D eigenvalue weighted by atomic mass is 35.5. The van der Waals surface area contributed by atoms with E-state index in [9.17, 15) is 0 Å². The van der Waals surface area contributed by atoms with E-state index in [1.165, 1.54) is 5.56 Å². The van der Waals surface area contributed by atoms with E-state index >= 15 is 0 Å². The molecule has 2 rings (SSSR count). The van der Waals surface area contributed by atoms with Crippen LogP contribution in [0.1, 0.15) is 5.56 Å². The molecule has 0 amide bonds. The summed E-state index contributed by atoms with van der Waals surface area (Å²) in [6.07, 6.45) is 0. The molecule has 2 aromatic rings. The van der Waals surface area contributed by atoms with E-state index in [1.807, 2.05) is 36.4 Å². The highest BCUT2D eigenvalue weighted by Crippen LogP contribution is 2.14. The van der Waals surface area contributed by atoms with Crippen molar-refractivity contribution in [3.63, 3.8) is 0 Å². The van der Waals surface area contributed by atoms with Crippen LogP contribution in [-0.4, -0.2) is 20.2 Å². The van der Waals surface area contributed by atoms with Crippen LogP contribution in [0.2, 0.25) is 5.02 Å². The molecule has 0 atom stereocenters. The number of benzene rings is 2. The number of hydrogen-bond donors (Lipinski definition) is 2. The molecule has 0 fully saturated rings. The van der Waals surface area contributed by atoms with Gasteiger partial charge in [0.25, 0.3) is 0 Å². The van der Waals surface area contributed by atoms with Gasteiger partial charge in [-0.3, -0.25) is 0 Å². The van der Waals surface area contributed by atoms with Crippen LogP contribution in [0.25, 0.3) is 0 Å². The van der Waals surface area contributed by atoms with Gasteiger partial charge in [0.1, 0.15) is 5.75 Å². The summed E-state index contributed by atoms with van der Waals surface area (Å²) in [5.74, 6) is 0.886. The van der Waals surface area contributed by atoms with Crippen molar-refractivity contribution in [3.05, 3.63) is 59.1 Å². The van der Waals surface area contributed by atoms with E-state index in [1.54, 1.807) is 7.11 Å². The Kier molecular flexibility index (Phi) is 5.71. The lowest BCUT2D eigenvalue weighted by molar-refractivity contribution is 0.414. The first-order valence-electron chi connectivity index (χ1n) is 6.61. The highest BCUT2D eigenvalue weighted by molar-refractivity contribution is 6.30. The van der Waals surface area contributed by atoms with Gasteiger partial charge in [-0.05, 0) is 35.9 Å². The number of rotatable bonds is 7. The zero-order chi connectivity index (χ0) is 14.2. The van der Waals surface area contributed by atoms with Gasteiger partial charge in [-0.1, -0.05) is 29.8 Å². The zero-order valence-corrected chi connectivity index (χ0v) is 12.3. The number of halogens is 1. The molecule has 0 bridgehead atoms. The lowest BCUT2D eigenvalue weighted by Gasteiger charge is -2.08. The van der Waals surface area contributed by atoms with Gasteiger partial charge in [-0.2, -0.15) is 0 Å². The topological polar surface area (TPSA) is 33.3 Å². The number of methoxy groups -OCH3 is 1. The second kappa shape index (κ2) is 7.78. The summed E-state index contributed by atoms with van der Waals surface area (Å²) in [7, 11) is 1.68. The quantitative estimate of drug-likeness (QED) is 0.765. The summed E-state index contributed by atoms with van der Waals surface area (Å²) >= 11 is 5.92. The predicted octanol–water partition coefficient (Wildman–Crippen LogP) is 3.55. The monoisotopic (exact) mass is 290 g/mol. The van der Waals surface area contributed by atoms with E-state index in [4.69, 9.17) is 16.3 Å². The summed E-state index contributed by atoms with van der Waals surface area (Å²) in [5, 5.41) is 7.46. The molecule has 0 aromatic heterocycles. The lowest BCUT2D eigenvalue weighted by atomic mass is 10.2. The van der Waals surface area contributed by atoms with Crippen molar-refractivity contribution in [1.82, 2.24) is 5.32 Å². The first-order valence-corrected chi connectivity index (χ1v) is 6.99. The van der Waals surface area contributed by atoms with Crippen molar-refractivity contribution < 1.29 is 4.74 Å². The summed E-state index contributed by atoms with van der Waals surface area (Å²) < 4.78 is 5.13. The van der Waals surface area contributed by atoms with Gasteiger partial charge in [0.15, 0.2) is 0 Å². The number of hydrogen-bond acceptors (Lipinski definition) is 3. The van der Waals surface area contributed by atoms with E-state index in [2.05, 4.69) is 22.8 Å².